The van der Waals surface area contributed by atoms with E-state index in [9.17, 15) is 31.1 Å². The lowest BCUT2D eigenvalue weighted by Gasteiger charge is -2.55. The number of nitrogens with zero attached hydrogens (tertiary/aromatic N) is 4. The van der Waals surface area contributed by atoms with Crippen LogP contribution in [-0.2, 0) is 9.47 Å². The van der Waals surface area contributed by atoms with Crippen LogP contribution in [-0.4, -0.2) is 75.6 Å². The number of anilines is 1. The highest BCUT2D eigenvalue weighted by molar-refractivity contribution is 14.1. The van der Waals surface area contributed by atoms with Gasteiger partial charge >= 0.3 is 18.4 Å². The lowest BCUT2D eigenvalue weighted by atomic mass is 9.88. The molecule has 5 heterocycles. The second-order valence-corrected chi connectivity index (χ2v) is 11.3. The summed E-state index contributed by atoms with van der Waals surface area (Å²) in [6.07, 6.45) is -11.2. The zero-order valence-corrected chi connectivity index (χ0v) is 25.3. The number of hydrogen-bond acceptors (Lipinski definition) is 8. The van der Waals surface area contributed by atoms with Gasteiger partial charge in [0.15, 0.2) is 11.7 Å². The molecule has 3 fully saturated rings. The number of alkyl halides is 7. The van der Waals surface area contributed by atoms with Crippen LogP contribution >= 0.6 is 33.9 Å². The largest absolute Gasteiger partial charge is 0.444 e. The zero-order chi connectivity index (χ0) is 30.3. The molecule has 3 aliphatic rings. The molecule has 226 valence electrons. The average Bonchev–Trinajstić information content (AvgIpc) is 3.53. The van der Waals surface area contributed by atoms with Crippen molar-refractivity contribution in [1.82, 2.24) is 14.9 Å². The number of thiazole rings is 1. The Morgan fingerprint density at radius 2 is 1.80 bits per heavy atom. The third kappa shape index (κ3) is 7.01. The lowest BCUT2D eigenvalue weighted by Crippen LogP contribution is -2.70. The highest BCUT2D eigenvalue weighted by Crippen LogP contribution is 2.44. The number of fused-ring (bicyclic) bond motifs is 3. The summed E-state index contributed by atoms with van der Waals surface area (Å²) >= 11 is 3.36. The van der Waals surface area contributed by atoms with E-state index in [1.165, 1.54) is 23.6 Å². The van der Waals surface area contributed by atoms with E-state index in [4.69, 9.17) is 9.15 Å². The van der Waals surface area contributed by atoms with E-state index in [0.29, 0.717) is 17.0 Å². The SMILES string of the molecule is CC(C)(C)OC(=O)N1C2CC1CN(c1nc3c(C(OCC(F)(F)F)C(F)(F)F)ccc(-c4nccs4)c3o1)C2.CI. The number of amides is 1. The predicted molar refractivity (Wildman–Crippen MR) is 148 cm³/mol. The second-order valence-electron chi connectivity index (χ2n) is 10.4. The van der Waals surface area contributed by atoms with Gasteiger partial charge in [-0.05, 0) is 38.2 Å². The lowest BCUT2D eigenvalue weighted by molar-refractivity contribution is -0.257. The fraction of sp³-hybridized carbons (Fsp3) is 0.560. The van der Waals surface area contributed by atoms with E-state index in [0.717, 1.165) is 6.07 Å². The van der Waals surface area contributed by atoms with Crippen molar-refractivity contribution in [2.24, 2.45) is 0 Å². The molecule has 3 atom stereocenters. The van der Waals surface area contributed by atoms with Crippen molar-refractivity contribution in [3.8, 4) is 10.6 Å². The molecule has 3 unspecified atom stereocenters. The van der Waals surface area contributed by atoms with Crippen LogP contribution in [0.25, 0.3) is 21.7 Å². The first-order chi connectivity index (χ1) is 19.1. The van der Waals surface area contributed by atoms with Gasteiger partial charge in [0.2, 0.25) is 0 Å². The van der Waals surface area contributed by atoms with Crippen LogP contribution in [0.5, 0.6) is 0 Å². The molecule has 6 rings (SSSR count). The molecule has 41 heavy (non-hydrogen) atoms. The van der Waals surface area contributed by atoms with Crippen LogP contribution in [0.15, 0.2) is 28.1 Å². The maximum Gasteiger partial charge on any atom is 0.418 e. The normalized spacial score (nSPS) is 19.9. The zero-order valence-electron chi connectivity index (χ0n) is 22.3. The molecule has 0 aliphatic carbocycles. The topological polar surface area (TPSA) is 80.9 Å². The average molecular weight is 720 g/mol. The Bertz CT molecular complexity index is 1350. The van der Waals surface area contributed by atoms with E-state index in [1.54, 1.807) is 36.0 Å². The quantitative estimate of drug-likeness (QED) is 0.155. The Morgan fingerprint density at radius 3 is 2.34 bits per heavy atom. The van der Waals surface area contributed by atoms with Gasteiger partial charge in [-0.15, -0.1) is 11.3 Å². The molecule has 16 heteroatoms. The van der Waals surface area contributed by atoms with Gasteiger partial charge in [-0.25, -0.2) is 9.78 Å². The summed E-state index contributed by atoms with van der Waals surface area (Å²) in [6.45, 7) is 3.77. The van der Waals surface area contributed by atoms with Crippen molar-refractivity contribution in [2.75, 3.05) is 29.5 Å². The first-order valence-electron chi connectivity index (χ1n) is 12.3. The highest BCUT2D eigenvalue weighted by Gasteiger charge is 2.50. The summed E-state index contributed by atoms with van der Waals surface area (Å²) in [4.78, 5) is 26.4. The number of carbonyl (C=O) groups excluding carboxylic acids is 1. The van der Waals surface area contributed by atoms with Gasteiger partial charge < -0.3 is 18.8 Å². The maximum atomic E-state index is 13.9. The summed E-state index contributed by atoms with van der Waals surface area (Å²) < 4.78 is 95.8. The molecule has 0 saturated carbocycles. The molecular weight excluding hydrogens is 693 g/mol. The monoisotopic (exact) mass is 720 g/mol. The second kappa shape index (κ2) is 11.7. The minimum atomic E-state index is -5.15. The summed E-state index contributed by atoms with van der Waals surface area (Å²) in [6, 6.07) is 1.90. The fourth-order valence-corrected chi connectivity index (χ4v) is 5.46. The van der Waals surface area contributed by atoms with Gasteiger partial charge in [-0.1, -0.05) is 28.7 Å². The van der Waals surface area contributed by atoms with Crippen molar-refractivity contribution in [1.29, 1.82) is 0 Å². The number of piperazine rings is 1. The Morgan fingerprint density at radius 1 is 1.15 bits per heavy atom. The summed E-state index contributed by atoms with van der Waals surface area (Å²) in [5, 5.41) is 2.10. The summed E-state index contributed by atoms with van der Waals surface area (Å²) in [7, 11) is 0. The molecule has 3 saturated heterocycles. The number of ether oxygens (including phenoxy) is 2. The first kappa shape index (κ1) is 31.6. The number of piperidine rings is 1. The first-order valence-corrected chi connectivity index (χ1v) is 15.4. The third-order valence-corrected chi connectivity index (χ3v) is 7.09. The molecule has 8 nitrogen and oxygen atoms in total. The maximum absolute atomic E-state index is 13.9. The van der Waals surface area contributed by atoms with Crippen molar-refractivity contribution in [3.63, 3.8) is 0 Å². The van der Waals surface area contributed by atoms with E-state index >= 15 is 0 Å². The van der Waals surface area contributed by atoms with Gasteiger partial charge in [0.25, 0.3) is 6.01 Å². The van der Waals surface area contributed by atoms with E-state index < -0.39 is 42.3 Å². The van der Waals surface area contributed by atoms with Crippen molar-refractivity contribution >= 4 is 57.1 Å². The van der Waals surface area contributed by atoms with Crippen LogP contribution in [0, 0.1) is 0 Å². The number of benzene rings is 1. The van der Waals surface area contributed by atoms with Crippen LogP contribution in [0.1, 0.15) is 38.9 Å². The molecule has 0 spiro atoms. The molecule has 0 radical (unpaired) electrons. The van der Waals surface area contributed by atoms with Crippen molar-refractivity contribution in [3.05, 3.63) is 29.3 Å². The predicted octanol–water partition coefficient (Wildman–Crippen LogP) is 7.38. The number of halogens is 7. The van der Waals surface area contributed by atoms with Gasteiger partial charge in [0.05, 0.1) is 17.6 Å². The van der Waals surface area contributed by atoms with Crippen LogP contribution < -0.4 is 4.90 Å². The van der Waals surface area contributed by atoms with Gasteiger partial charge in [-0.3, -0.25) is 4.90 Å². The van der Waals surface area contributed by atoms with E-state index in [2.05, 4.69) is 37.3 Å². The smallest absolute Gasteiger partial charge is 0.418 e. The Labute approximate surface area is 249 Å². The van der Waals surface area contributed by atoms with E-state index in [-0.39, 0.29) is 42.3 Å². The third-order valence-electron chi connectivity index (χ3n) is 6.29. The molecule has 1 aromatic carbocycles. The molecular formula is C25H27F6IN4O4S. The Kier molecular flexibility index (Phi) is 9.05. The fourth-order valence-electron chi connectivity index (χ4n) is 4.80. The summed E-state index contributed by atoms with van der Waals surface area (Å²) in [5.74, 6) is 0. The number of rotatable bonds is 5. The van der Waals surface area contributed by atoms with Gasteiger partial charge in [-0.2, -0.15) is 31.3 Å². The van der Waals surface area contributed by atoms with Gasteiger partial charge in [0, 0.05) is 30.2 Å². The van der Waals surface area contributed by atoms with Gasteiger partial charge in [0.1, 0.15) is 22.7 Å². The number of carbonyl (C=O) groups is 1. The molecule has 1 amide bonds. The molecule has 3 aliphatic heterocycles. The highest BCUT2D eigenvalue weighted by atomic mass is 127. The molecule has 2 bridgehead atoms. The minimum absolute atomic E-state index is 0.00876. The number of oxazole rings is 1. The number of aromatic nitrogens is 2. The van der Waals surface area contributed by atoms with Crippen molar-refractivity contribution in [2.45, 2.75) is 63.3 Å². The molecule has 3 aromatic rings. The molecule has 0 N–H and O–H groups in total. The van der Waals surface area contributed by atoms with Crippen LogP contribution in [0.4, 0.5) is 37.2 Å². The standard InChI is InChI=1S/C24H24F6N4O4S.CH3I/c1-22(2,3)38-21(35)34-12-8-13(34)10-33(9-12)20-32-16-14(18(24(28,29)30)36-11-23(25,26)27)4-5-15(17(16)37-20)19-31-6-7-39-19;1-2/h4-7,12-13,18H,8-11H2,1-3H3;1H3. The van der Waals surface area contributed by atoms with Crippen LogP contribution in [0.2, 0.25) is 0 Å². The Balaban J connectivity index is 0.00000189. The Hall–Kier alpha value is -2.34. The summed E-state index contributed by atoms with van der Waals surface area (Å²) in [5.41, 5.74) is -1.25. The van der Waals surface area contributed by atoms with Crippen LogP contribution in [0.3, 0.4) is 0 Å². The number of hydrogen-bond donors (Lipinski definition) is 0. The van der Waals surface area contributed by atoms with Crippen molar-refractivity contribution < 1.29 is 45.0 Å². The molecule has 2 aromatic heterocycles. The minimum Gasteiger partial charge on any atom is -0.444 e. The van der Waals surface area contributed by atoms with E-state index in [1.807, 2.05) is 4.93 Å².